The van der Waals surface area contributed by atoms with E-state index < -0.39 is 10.0 Å². The quantitative estimate of drug-likeness (QED) is 0.105. The van der Waals surface area contributed by atoms with Gasteiger partial charge in [-0.3, -0.25) is 19.1 Å². The Balaban J connectivity index is 0.973. The third-order valence-corrected chi connectivity index (χ3v) is 12.1. The average Bonchev–Trinajstić information content (AvgIpc) is 3.21. The molecule has 0 unspecified atom stereocenters. The molecule has 3 amide bonds. The van der Waals surface area contributed by atoms with E-state index in [9.17, 15) is 22.8 Å². The molecule has 0 aromatic heterocycles. The number of carbonyl (C=O) groups is 3. The van der Waals surface area contributed by atoms with Gasteiger partial charge in [0.25, 0.3) is 15.9 Å². The topological polar surface area (TPSA) is 140 Å². The normalized spacial score (nSPS) is 18.8. The first-order valence-corrected chi connectivity index (χ1v) is 20.9. The summed E-state index contributed by atoms with van der Waals surface area (Å²) in [5.74, 6) is -0.190. The predicted molar refractivity (Wildman–Crippen MR) is 227 cm³/mol. The SMILES string of the molecule is CCC(=O)N1c2ccccc2[C@H](Nc2ccc(NS(=O)(=O)c3cccc(NC(=O)c4ccc(N[C@@H]5C[C@H](C)N(C(=O)CC)c6ccccc65)cc4)c3)cc2)C[C@@H]1C. The standard InChI is InChI=1S/C45H48N6O5S/c1-5-43(52)50-29(3)26-39(37-14-7-9-16-41(37)50)46-32-20-18-31(19-21-32)45(54)48-35-12-11-13-36(28-35)57(55,56)49-34-24-22-33(23-25-34)47-40-27-30(4)51(44(53)6-2)42-17-10-8-15-38(40)42/h7-25,28-30,39-40,46-47,49H,5-6,26-27H2,1-4H3,(H,48,54)/t29-,30-,39+,40+/m0/s1. The van der Waals surface area contributed by atoms with Crippen LogP contribution in [-0.4, -0.2) is 38.2 Å². The lowest BCUT2D eigenvalue weighted by atomic mass is 9.91. The number of benzene rings is 5. The second-order valence-electron chi connectivity index (χ2n) is 14.7. The molecule has 0 fully saturated rings. The summed E-state index contributed by atoms with van der Waals surface area (Å²) in [7, 11) is -3.98. The fourth-order valence-electron chi connectivity index (χ4n) is 7.91. The second-order valence-corrected chi connectivity index (χ2v) is 16.3. The Morgan fingerprint density at radius 2 is 1.07 bits per heavy atom. The number of sulfonamides is 1. The summed E-state index contributed by atoms with van der Waals surface area (Å²) in [5.41, 5.74) is 6.70. The third-order valence-electron chi connectivity index (χ3n) is 10.7. The maximum absolute atomic E-state index is 13.5. The van der Waals surface area contributed by atoms with Crippen molar-refractivity contribution >= 4 is 61.9 Å². The Kier molecular flexibility index (Phi) is 11.3. The molecule has 2 heterocycles. The van der Waals surface area contributed by atoms with Crippen molar-refractivity contribution in [3.63, 3.8) is 0 Å². The number of hydrogen-bond acceptors (Lipinski definition) is 7. The second kappa shape index (κ2) is 16.5. The summed E-state index contributed by atoms with van der Waals surface area (Å²) < 4.78 is 29.6. The van der Waals surface area contributed by atoms with Crippen molar-refractivity contribution in [3.8, 4) is 0 Å². The van der Waals surface area contributed by atoms with Gasteiger partial charge in [-0.2, -0.15) is 0 Å². The Morgan fingerprint density at radius 3 is 1.58 bits per heavy atom. The van der Waals surface area contributed by atoms with Gasteiger partial charge in [-0.1, -0.05) is 56.3 Å². The maximum Gasteiger partial charge on any atom is 0.261 e. The molecule has 2 aliphatic rings. The molecule has 5 aromatic rings. The molecule has 4 atom stereocenters. The Morgan fingerprint density at radius 1 is 0.596 bits per heavy atom. The van der Waals surface area contributed by atoms with E-state index in [1.54, 1.807) is 36.4 Å². The predicted octanol–water partition coefficient (Wildman–Crippen LogP) is 9.12. The number of nitrogens with one attached hydrogen (secondary N) is 4. The summed E-state index contributed by atoms with van der Waals surface area (Å²) in [6.07, 6.45) is 2.33. The van der Waals surface area contributed by atoms with Crippen LogP contribution in [0.25, 0.3) is 0 Å². The smallest absolute Gasteiger partial charge is 0.261 e. The van der Waals surface area contributed by atoms with E-state index in [2.05, 4.69) is 34.5 Å². The van der Waals surface area contributed by atoms with Gasteiger partial charge in [-0.15, -0.1) is 0 Å². The Labute approximate surface area is 334 Å². The summed E-state index contributed by atoms with van der Waals surface area (Å²) in [4.78, 5) is 42.5. The van der Waals surface area contributed by atoms with Gasteiger partial charge in [0, 0.05) is 64.6 Å². The minimum Gasteiger partial charge on any atom is -0.378 e. The Bertz CT molecular complexity index is 2380. The molecular formula is C45H48N6O5S. The average molecular weight is 785 g/mol. The van der Waals surface area contributed by atoms with Crippen molar-refractivity contribution in [1.29, 1.82) is 0 Å². The van der Waals surface area contributed by atoms with Crippen LogP contribution in [0.2, 0.25) is 0 Å². The highest BCUT2D eigenvalue weighted by molar-refractivity contribution is 7.92. The number of amides is 3. The zero-order valence-electron chi connectivity index (χ0n) is 32.5. The van der Waals surface area contributed by atoms with E-state index in [-0.39, 0.29) is 46.8 Å². The monoisotopic (exact) mass is 784 g/mol. The molecular weight excluding hydrogens is 737 g/mol. The number of carbonyl (C=O) groups excluding carboxylic acids is 3. The van der Waals surface area contributed by atoms with Crippen molar-refractivity contribution < 1.29 is 22.8 Å². The van der Waals surface area contributed by atoms with Crippen LogP contribution in [0.5, 0.6) is 0 Å². The molecule has 4 N–H and O–H groups in total. The molecule has 12 heteroatoms. The number of fused-ring (bicyclic) bond motifs is 2. The zero-order chi connectivity index (χ0) is 40.3. The van der Waals surface area contributed by atoms with Crippen LogP contribution in [0.4, 0.5) is 34.1 Å². The maximum atomic E-state index is 13.5. The van der Waals surface area contributed by atoms with Crippen LogP contribution in [0.15, 0.2) is 126 Å². The summed E-state index contributed by atoms with van der Waals surface area (Å²) >= 11 is 0. The van der Waals surface area contributed by atoms with Gasteiger partial charge in [-0.05, 0) is 117 Å². The van der Waals surface area contributed by atoms with Crippen molar-refractivity contribution in [2.24, 2.45) is 0 Å². The fraction of sp³-hybridized carbons (Fsp3) is 0.267. The first-order valence-electron chi connectivity index (χ1n) is 19.4. The van der Waals surface area contributed by atoms with Crippen LogP contribution >= 0.6 is 0 Å². The van der Waals surface area contributed by atoms with E-state index in [1.165, 1.54) is 12.1 Å². The third kappa shape index (κ3) is 8.36. The van der Waals surface area contributed by atoms with E-state index in [1.807, 2.05) is 96.4 Å². The molecule has 0 spiro atoms. The highest BCUT2D eigenvalue weighted by atomic mass is 32.2. The van der Waals surface area contributed by atoms with Crippen LogP contribution < -0.4 is 30.5 Å². The minimum absolute atomic E-state index is 0.00206. The molecule has 11 nitrogen and oxygen atoms in total. The van der Waals surface area contributed by atoms with Gasteiger partial charge < -0.3 is 25.8 Å². The molecule has 0 saturated carbocycles. The summed E-state index contributed by atoms with van der Waals surface area (Å²) in [5, 5.41) is 9.97. The zero-order valence-corrected chi connectivity index (χ0v) is 33.3. The highest BCUT2D eigenvalue weighted by Crippen LogP contribution is 2.41. The van der Waals surface area contributed by atoms with Crippen molar-refractivity contribution in [1.82, 2.24) is 0 Å². The van der Waals surface area contributed by atoms with Crippen LogP contribution in [0.1, 0.15) is 86.9 Å². The van der Waals surface area contributed by atoms with E-state index in [0.29, 0.717) is 29.8 Å². The van der Waals surface area contributed by atoms with Crippen molar-refractivity contribution in [3.05, 3.63) is 138 Å². The van der Waals surface area contributed by atoms with Gasteiger partial charge in [0.15, 0.2) is 0 Å². The molecule has 294 valence electrons. The molecule has 7 rings (SSSR count). The molecule has 0 bridgehead atoms. The lowest BCUT2D eigenvalue weighted by Gasteiger charge is -2.40. The highest BCUT2D eigenvalue weighted by Gasteiger charge is 2.34. The van der Waals surface area contributed by atoms with Gasteiger partial charge >= 0.3 is 0 Å². The lowest BCUT2D eigenvalue weighted by Crippen LogP contribution is -2.44. The van der Waals surface area contributed by atoms with E-state index in [4.69, 9.17) is 0 Å². The molecule has 5 aromatic carbocycles. The molecule has 0 saturated heterocycles. The van der Waals surface area contributed by atoms with E-state index in [0.717, 1.165) is 46.7 Å². The number of hydrogen-bond donors (Lipinski definition) is 4. The first kappa shape index (κ1) is 39.1. The number of anilines is 6. The minimum atomic E-state index is -3.98. The molecule has 0 aliphatic carbocycles. The van der Waals surface area contributed by atoms with Gasteiger partial charge in [-0.25, -0.2) is 8.42 Å². The van der Waals surface area contributed by atoms with E-state index >= 15 is 0 Å². The van der Waals surface area contributed by atoms with Crippen molar-refractivity contribution in [2.75, 3.05) is 30.5 Å². The Hall–Kier alpha value is -6.14. The van der Waals surface area contributed by atoms with Crippen LogP contribution in [0.3, 0.4) is 0 Å². The van der Waals surface area contributed by atoms with Crippen LogP contribution in [0, 0.1) is 0 Å². The van der Waals surface area contributed by atoms with Gasteiger partial charge in [0.2, 0.25) is 11.8 Å². The van der Waals surface area contributed by atoms with Crippen LogP contribution in [-0.2, 0) is 19.6 Å². The number of nitrogens with zero attached hydrogens (tertiary/aromatic N) is 2. The largest absolute Gasteiger partial charge is 0.378 e. The molecule has 2 aliphatic heterocycles. The fourth-order valence-corrected chi connectivity index (χ4v) is 9.02. The molecule has 57 heavy (non-hydrogen) atoms. The first-order chi connectivity index (χ1) is 27.4. The van der Waals surface area contributed by atoms with Gasteiger partial charge in [0.1, 0.15) is 0 Å². The lowest BCUT2D eigenvalue weighted by molar-refractivity contribution is -0.119. The number of rotatable bonds is 11. The van der Waals surface area contributed by atoms with Crippen molar-refractivity contribution in [2.45, 2.75) is 82.4 Å². The summed E-state index contributed by atoms with van der Waals surface area (Å²) in [6.45, 7) is 7.86. The van der Waals surface area contributed by atoms with Gasteiger partial charge in [0.05, 0.1) is 17.0 Å². The number of para-hydroxylation sites is 2. The summed E-state index contributed by atoms with van der Waals surface area (Å²) in [6, 6.07) is 36.2. The molecule has 0 radical (unpaired) electrons.